The van der Waals surface area contributed by atoms with Crippen molar-refractivity contribution in [2.75, 3.05) is 64.2 Å². The molecular formula is C31H35Cl2N5O5S. The minimum atomic E-state index is -4.43. The van der Waals surface area contributed by atoms with Gasteiger partial charge < -0.3 is 15.1 Å². The van der Waals surface area contributed by atoms with Crippen molar-refractivity contribution in [3.05, 3.63) is 94.0 Å². The van der Waals surface area contributed by atoms with Gasteiger partial charge in [-0.2, -0.15) is 4.31 Å². The van der Waals surface area contributed by atoms with E-state index in [2.05, 4.69) is 15.1 Å². The molecular weight excluding hydrogens is 625 g/mol. The van der Waals surface area contributed by atoms with Crippen LogP contribution in [0.25, 0.3) is 0 Å². The number of hydrogen-bond acceptors (Lipinski definition) is 7. The number of nitrogens with one attached hydrogen (secondary N) is 1. The molecule has 0 atom stereocenters. The number of benzene rings is 3. The predicted molar refractivity (Wildman–Crippen MR) is 172 cm³/mol. The summed E-state index contributed by atoms with van der Waals surface area (Å²) in [5.41, 5.74) is 0.231. The zero-order valence-corrected chi connectivity index (χ0v) is 26.9. The van der Waals surface area contributed by atoms with Crippen molar-refractivity contribution in [3.8, 4) is 0 Å². The molecule has 13 heteroatoms. The first-order chi connectivity index (χ1) is 21.0. The molecule has 1 saturated heterocycles. The van der Waals surface area contributed by atoms with Gasteiger partial charge in [-0.3, -0.25) is 19.3 Å². The van der Waals surface area contributed by atoms with Crippen LogP contribution in [0.15, 0.2) is 77.7 Å². The van der Waals surface area contributed by atoms with Crippen LogP contribution in [0.2, 0.25) is 10.0 Å². The van der Waals surface area contributed by atoms with E-state index in [0.717, 1.165) is 32.6 Å². The Bertz CT molecular complexity index is 1580. The molecule has 0 unspecified atom stereocenters. The molecule has 3 aromatic rings. The van der Waals surface area contributed by atoms with Gasteiger partial charge in [-0.15, -0.1) is 0 Å². The SMILES string of the molecule is CN(C)CCCN1CCN(C(=O)CNC(=O)c2ccc(S(=O)(=O)N(C(=O)c3ccc(Cl)cc3Cl)c3ccccc3)cc2)CC1. The van der Waals surface area contributed by atoms with Crippen molar-refractivity contribution in [1.82, 2.24) is 20.0 Å². The lowest BCUT2D eigenvalue weighted by molar-refractivity contribution is -0.131. The molecule has 0 radical (unpaired) electrons. The first kappa shape index (κ1) is 33.4. The standard InChI is InChI=1S/C31H35Cl2N5O5S/c1-35(2)15-6-16-36-17-19-37(20-18-36)29(39)22-34-30(40)23-9-12-26(13-10-23)44(42,43)38(25-7-4-3-5-8-25)31(41)27-14-11-24(32)21-28(27)33/h3-5,7-14,21H,6,15-20,22H2,1-2H3,(H,34,40). The normalized spacial score (nSPS) is 14.0. The summed E-state index contributed by atoms with van der Waals surface area (Å²) in [5, 5.41) is 2.92. The summed E-state index contributed by atoms with van der Waals surface area (Å²) in [6.45, 7) is 4.60. The van der Waals surface area contributed by atoms with Crippen LogP contribution in [0, 0.1) is 0 Å². The highest BCUT2D eigenvalue weighted by molar-refractivity contribution is 7.93. The fourth-order valence-corrected chi connectivity index (χ4v) is 6.68. The Morgan fingerprint density at radius 2 is 1.55 bits per heavy atom. The van der Waals surface area contributed by atoms with Crippen LogP contribution in [0.4, 0.5) is 5.69 Å². The third-order valence-corrected chi connectivity index (χ3v) is 9.47. The maximum Gasteiger partial charge on any atom is 0.273 e. The lowest BCUT2D eigenvalue weighted by atomic mass is 10.2. The third-order valence-electron chi connectivity index (χ3n) is 7.20. The molecule has 44 heavy (non-hydrogen) atoms. The maximum atomic E-state index is 13.8. The van der Waals surface area contributed by atoms with Crippen LogP contribution in [0.1, 0.15) is 27.1 Å². The Hall–Kier alpha value is -3.48. The van der Waals surface area contributed by atoms with Crippen LogP contribution in [-0.4, -0.2) is 101 Å². The molecule has 1 aliphatic heterocycles. The van der Waals surface area contributed by atoms with E-state index in [-0.39, 0.29) is 39.2 Å². The van der Waals surface area contributed by atoms with E-state index >= 15 is 0 Å². The molecule has 1 heterocycles. The number of amides is 3. The summed E-state index contributed by atoms with van der Waals surface area (Å²) >= 11 is 12.2. The molecule has 10 nitrogen and oxygen atoms in total. The Morgan fingerprint density at radius 1 is 0.886 bits per heavy atom. The highest BCUT2D eigenvalue weighted by Crippen LogP contribution is 2.29. The van der Waals surface area contributed by atoms with E-state index in [1.165, 1.54) is 54.6 Å². The molecule has 4 rings (SSSR count). The van der Waals surface area contributed by atoms with Crippen LogP contribution >= 0.6 is 23.2 Å². The van der Waals surface area contributed by atoms with Crippen molar-refractivity contribution < 1.29 is 22.8 Å². The number of carbonyl (C=O) groups excluding carboxylic acids is 3. The summed E-state index contributed by atoms with van der Waals surface area (Å²) in [7, 11) is -0.342. The van der Waals surface area contributed by atoms with Gasteiger partial charge >= 0.3 is 0 Å². The number of anilines is 1. The van der Waals surface area contributed by atoms with Crippen molar-refractivity contribution >= 4 is 56.6 Å². The highest BCUT2D eigenvalue weighted by Gasteiger charge is 2.33. The van der Waals surface area contributed by atoms with E-state index in [4.69, 9.17) is 23.2 Å². The van der Waals surface area contributed by atoms with Gasteiger partial charge in [0.25, 0.3) is 21.8 Å². The molecule has 0 saturated carbocycles. The minimum Gasteiger partial charge on any atom is -0.343 e. The number of piperazine rings is 1. The molecule has 1 fully saturated rings. The maximum absolute atomic E-state index is 13.8. The Kier molecular flexibility index (Phi) is 11.4. The van der Waals surface area contributed by atoms with Crippen molar-refractivity contribution in [2.45, 2.75) is 11.3 Å². The first-order valence-electron chi connectivity index (χ1n) is 14.1. The highest BCUT2D eigenvalue weighted by atomic mass is 35.5. The van der Waals surface area contributed by atoms with Crippen molar-refractivity contribution in [3.63, 3.8) is 0 Å². The Morgan fingerprint density at radius 3 is 2.16 bits per heavy atom. The second-order valence-electron chi connectivity index (χ2n) is 10.6. The summed E-state index contributed by atoms with van der Waals surface area (Å²) in [5.74, 6) is -1.57. The molecule has 234 valence electrons. The minimum absolute atomic E-state index is 0.00193. The molecule has 1 aliphatic rings. The molecule has 0 aliphatic carbocycles. The number of nitrogens with zero attached hydrogens (tertiary/aromatic N) is 4. The zero-order chi connectivity index (χ0) is 31.9. The lowest BCUT2D eigenvalue weighted by Gasteiger charge is -2.35. The predicted octanol–water partition coefficient (Wildman–Crippen LogP) is 3.85. The van der Waals surface area contributed by atoms with Crippen molar-refractivity contribution in [2.24, 2.45) is 0 Å². The van der Waals surface area contributed by atoms with Crippen LogP contribution in [-0.2, 0) is 14.8 Å². The van der Waals surface area contributed by atoms with Gasteiger partial charge in [-0.25, -0.2) is 8.42 Å². The zero-order valence-electron chi connectivity index (χ0n) is 24.6. The number of halogens is 2. The van der Waals surface area contributed by atoms with Crippen LogP contribution in [0.3, 0.4) is 0 Å². The lowest BCUT2D eigenvalue weighted by Crippen LogP contribution is -2.51. The molecule has 0 bridgehead atoms. The Labute approximate surface area is 268 Å². The van der Waals surface area contributed by atoms with Gasteiger partial charge in [0.15, 0.2) is 0 Å². The van der Waals surface area contributed by atoms with Gasteiger partial charge in [0, 0.05) is 36.8 Å². The van der Waals surface area contributed by atoms with E-state index < -0.39 is 21.8 Å². The van der Waals surface area contributed by atoms with Gasteiger partial charge in [-0.1, -0.05) is 41.4 Å². The van der Waals surface area contributed by atoms with Crippen molar-refractivity contribution in [1.29, 1.82) is 0 Å². The average molecular weight is 661 g/mol. The number of rotatable bonds is 11. The number of sulfonamides is 1. The van der Waals surface area contributed by atoms with E-state index in [1.807, 2.05) is 14.1 Å². The largest absolute Gasteiger partial charge is 0.343 e. The topological polar surface area (TPSA) is 110 Å². The fraction of sp³-hybridized carbons (Fsp3) is 0.323. The molecule has 1 N–H and O–H groups in total. The van der Waals surface area contributed by atoms with Gasteiger partial charge in [0.1, 0.15) is 0 Å². The van der Waals surface area contributed by atoms with E-state index in [0.29, 0.717) is 22.4 Å². The van der Waals surface area contributed by atoms with Gasteiger partial charge in [0.2, 0.25) is 5.91 Å². The molecule has 0 spiro atoms. The third kappa shape index (κ3) is 8.36. The summed E-state index contributed by atoms with van der Waals surface area (Å²) in [6, 6.07) is 17.2. The van der Waals surface area contributed by atoms with Gasteiger partial charge in [-0.05, 0) is 88.2 Å². The summed E-state index contributed by atoms with van der Waals surface area (Å²) in [6.07, 6.45) is 1.06. The first-order valence-corrected chi connectivity index (χ1v) is 16.3. The molecule has 3 amide bonds. The summed E-state index contributed by atoms with van der Waals surface area (Å²) in [4.78, 5) is 45.1. The number of carbonyl (C=O) groups is 3. The van der Waals surface area contributed by atoms with E-state index in [1.54, 1.807) is 23.1 Å². The second kappa shape index (κ2) is 15.0. The fourth-order valence-electron chi connectivity index (χ4n) is 4.79. The van der Waals surface area contributed by atoms with Crippen LogP contribution in [0.5, 0.6) is 0 Å². The van der Waals surface area contributed by atoms with Gasteiger partial charge in [0.05, 0.1) is 27.7 Å². The second-order valence-corrected chi connectivity index (χ2v) is 13.3. The van der Waals surface area contributed by atoms with E-state index in [9.17, 15) is 22.8 Å². The number of hydrogen-bond donors (Lipinski definition) is 1. The number of para-hydroxylation sites is 1. The smallest absolute Gasteiger partial charge is 0.273 e. The molecule has 0 aromatic heterocycles. The average Bonchev–Trinajstić information content (AvgIpc) is 3.00. The van der Waals surface area contributed by atoms with Crippen LogP contribution < -0.4 is 9.62 Å². The quantitative estimate of drug-likeness (QED) is 0.333. The molecule has 3 aromatic carbocycles. The summed E-state index contributed by atoms with van der Waals surface area (Å²) < 4.78 is 28.2. The Balaban J connectivity index is 1.41. The monoisotopic (exact) mass is 659 g/mol.